The van der Waals surface area contributed by atoms with E-state index in [2.05, 4.69) is 5.32 Å². The largest absolute Gasteiger partial charge is 0.395 e. The van der Waals surface area contributed by atoms with Gasteiger partial charge in [-0.3, -0.25) is 14.9 Å². The first kappa shape index (κ1) is 17.7. The second kappa shape index (κ2) is 7.76. The number of halogens is 1. The monoisotopic (exact) mass is 349 g/mol. The minimum atomic E-state index is -0.603. The highest BCUT2D eigenvalue weighted by Gasteiger charge is 2.14. The molecule has 2 aromatic carbocycles. The van der Waals surface area contributed by atoms with Crippen LogP contribution in [0.25, 0.3) is 0 Å². The molecule has 126 valence electrons. The second-order valence-corrected chi connectivity index (χ2v) is 5.54. The van der Waals surface area contributed by atoms with E-state index in [1.54, 1.807) is 24.3 Å². The number of amides is 1. The number of hydrogen-bond donors (Lipinski definition) is 2. The van der Waals surface area contributed by atoms with E-state index in [0.29, 0.717) is 12.2 Å². The Morgan fingerprint density at radius 3 is 2.54 bits per heavy atom. The minimum Gasteiger partial charge on any atom is -0.395 e. The molecule has 8 heteroatoms. The topological polar surface area (TPSA) is 95.7 Å². The first-order valence-electron chi connectivity index (χ1n) is 7.09. The third-order valence-corrected chi connectivity index (χ3v) is 3.58. The molecule has 0 unspecified atom stereocenters. The van der Waals surface area contributed by atoms with Gasteiger partial charge in [0.1, 0.15) is 0 Å². The van der Waals surface area contributed by atoms with E-state index in [9.17, 15) is 14.9 Å². The molecule has 0 spiro atoms. The highest BCUT2D eigenvalue weighted by Crippen LogP contribution is 2.22. The van der Waals surface area contributed by atoms with Crippen molar-refractivity contribution >= 4 is 34.6 Å². The Balaban J connectivity index is 2.13. The summed E-state index contributed by atoms with van der Waals surface area (Å²) in [5, 5.41) is 22.5. The van der Waals surface area contributed by atoms with Gasteiger partial charge in [0, 0.05) is 47.7 Å². The number of non-ortho nitro benzene ring substituents is 1. The van der Waals surface area contributed by atoms with Gasteiger partial charge in [-0.15, -0.1) is 0 Å². The lowest BCUT2D eigenvalue weighted by molar-refractivity contribution is -0.384. The summed E-state index contributed by atoms with van der Waals surface area (Å²) < 4.78 is 0. The zero-order valence-electron chi connectivity index (χ0n) is 12.9. The van der Waals surface area contributed by atoms with Gasteiger partial charge in [0.05, 0.1) is 11.5 Å². The molecule has 0 bridgehead atoms. The van der Waals surface area contributed by atoms with Crippen molar-refractivity contribution in [3.63, 3.8) is 0 Å². The van der Waals surface area contributed by atoms with Crippen LogP contribution in [-0.4, -0.2) is 36.1 Å². The van der Waals surface area contributed by atoms with E-state index in [-0.39, 0.29) is 22.9 Å². The van der Waals surface area contributed by atoms with Crippen molar-refractivity contribution in [2.24, 2.45) is 0 Å². The minimum absolute atomic E-state index is 0.0442. The standard InChI is InChI=1S/C16H16ClN3O4/c1-19(6-7-21)14-4-2-13(3-5-14)18-16(22)11-8-12(17)10-15(9-11)20(23)24/h2-5,8-10,21H,6-7H2,1H3,(H,18,22). The van der Waals surface area contributed by atoms with Gasteiger partial charge in [-0.25, -0.2) is 0 Å². The smallest absolute Gasteiger partial charge is 0.271 e. The number of hydrogen-bond acceptors (Lipinski definition) is 5. The van der Waals surface area contributed by atoms with Crippen molar-refractivity contribution in [2.75, 3.05) is 30.4 Å². The van der Waals surface area contributed by atoms with Crippen LogP contribution >= 0.6 is 11.6 Å². The maximum atomic E-state index is 12.2. The van der Waals surface area contributed by atoms with E-state index in [4.69, 9.17) is 16.7 Å². The molecule has 0 saturated carbocycles. The third kappa shape index (κ3) is 4.43. The molecule has 0 aliphatic carbocycles. The number of benzene rings is 2. The maximum Gasteiger partial charge on any atom is 0.271 e. The molecule has 0 aliphatic rings. The summed E-state index contributed by atoms with van der Waals surface area (Å²) >= 11 is 5.82. The van der Waals surface area contributed by atoms with Crippen LogP contribution in [0.3, 0.4) is 0 Å². The molecule has 0 aromatic heterocycles. The van der Waals surface area contributed by atoms with Crippen LogP contribution in [-0.2, 0) is 0 Å². The summed E-state index contributed by atoms with van der Waals surface area (Å²) in [6.07, 6.45) is 0. The van der Waals surface area contributed by atoms with Crippen LogP contribution in [0.2, 0.25) is 5.02 Å². The zero-order valence-corrected chi connectivity index (χ0v) is 13.7. The van der Waals surface area contributed by atoms with Gasteiger partial charge < -0.3 is 15.3 Å². The zero-order chi connectivity index (χ0) is 17.7. The number of carbonyl (C=O) groups is 1. The summed E-state index contributed by atoms with van der Waals surface area (Å²) in [5.41, 5.74) is 1.30. The maximum absolute atomic E-state index is 12.2. The molecule has 2 N–H and O–H groups in total. The van der Waals surface area contributed by atoms with Crippen molar-refractivity contribution in [3.8, 4) is 0 Å². The van der Waals surface area contributed by atoms with Crippen LogP contribution < -0.4 is 10.2 Å². The van der Waals surface area contributed by atoms with Gasteiger partial charge in [0.2, 0.25) is 0 Å². The molecule has 0 radical (unpaired) electrons. The first-order chi connectivity index (χ1) is 11.4. The van der Waals surface area contributed by atoms with Crippen molar-refractivity contribution in [2.45, 2.75) is 0 Å². The molecule has 2 rings (SSSR count). The fourth-order valence-corrected chi connectivity index (χ4v) is 2.32. The molecule has 0 heterocycles. The van der Waals surface area contributed by atoms with Crippen LogP contribution in [0.15, 0.2) is 42.5 Å². The van der Waals surface area contributed by atoms with Gasteiger partial charge in [0.15, 0.2) is 0 Å². The molecule has 0 aliphatic heterocycles. The average molecular weight is 350 g/mol. The summed E-state index contributed by atoms with van der Waals surface area (Å²) in [5.74, 6) is -0.489. The fourth-order valence-electron chi connectivity index (χ4n) is 2.09. The SMILES string of the molecule is CN(CCO)c1ccc(NC(=O)c2cc(Cl)cc([N+](=O)[O-])c2)cc1. The number of likely N-dealkylation sites (N-methyl/N-ethyl adjacent to an activating group) is 1. The van der Waals surface area contributed by atoms with Crippen molar-refractivity contribution in [1.82, 2.24) is 0 Å². The van der Waals surface area contributed by atoms with E-state index in [1.807, 2.05) is 11.9 Å². The molecule has 24 heavy (non-hydrogen) atoms. The molecule has 0 fully saturated rings. The van der Waals surface area contributed by atoms with E-state index < -0.39 is 10.8 Å². The normalized spacial score (nSPS) is 10.3. The van der Waals surface area contributed by atoms with Crippen LogP contribution in [0.1, 0.15) is 10.4 Å². The lowest BCUT2D eigenvalue weighted by Gasteiger charge is -2.18. The molecule has 7 nitrogen and oxygen atoms in total. The molecular formula is C16H16ClN3O4. The second-order valence-electron chi connectivity index (χ2n) is 5.10. The average Bonchev–Trinajstić information content (AvgIpc) is 2.55. The summed E-state index contributed by atoms with van der Waals surface area (Å²) in [6, 6.07) is 10.7. The highest BCUT2D eigenvalue weighted by atomic mass is 35.5. The lowest BCUT2D eigenvalue weighted by Crippen LogP contribution is -2.21. The highest BCUT2D eigenvalue weighted by molar-refractivity contribution is 6.31. The van der Waals surface area contributed by atoms with Crippen molar-refractivity contribution in [3.05, 3.63) is 63.2 Å². The number of rotatable bonds is 6. The number of nitrogens with one attached hydrogen (secondary N) is 1. The number of nitro benzene ring substituents is 1. The van der Waals surface area contributed by atoms with E-state index in [1.165, 1.54) is 18.2 Å². The van der Waals surface area contributed by atoms with Crippen molar-refractivity contribution < 1.29 is 14.8 Å². The van der Waals surface area contributed by atoms with E-state index >= 15 is 0 Å². The Labute approximate surface area is 143 Å². The summed E-state index contributed by atoms with van der Waals surface area (Å²) in [6.45, 7) is 0.542. The van der Waals surface area contributed by atoms with Crippen LogP contribution in [0, 0.1) is 10.1 Å². The number of anilines is 2. The molecule has 1 amide bonds. The Hall–Kier alpha value is -2.64. The number of aliphatic hydroxyl groups excluding tert-OH is 1. The Kier molecular flexibility index (Phi) is 5.73. The number of carbonyl (C=O) groups excluding carboxylic acids is 1. The number of aliphatic hydroxyl groups is 1. The molecule has 0 saturated heterocycles. The summed E-state index contributed by atoms with van der Waals surface area (Å²) in [4.78, 5) is 24.3. The van der Waals surface area contributed by atoms with Gasteiger partial charge in [-0.05, 0) is 30.3 Å². The van der Waals surface area contributed by atoms with Gasteiger partial charge in [-0.1, -0.05) is 11.6 Å². The van der Waals surface area contributed by atoms with Gasteiger partial charge in [-0.2, -0.15) is 0 Å². The molecular weight excluding hydrogens is 334 g/mol. The number of nitrogens with zero attached hydrogens (tertiary/aromatic N) is 2. The fraction of sp³-hybridized carbons (Fsp3) is 0.188. The quantitative estimate of drug-likeness (QED) is 0.617. The predicted molar refractivity (Wildman–Crippen MR) is 92.9 cm³/mol. The number of nitro groups is 1. The molecule has 2 aromatic rings. The van der Waals surface area contributed by atoms with Crippen molar-refractivity contribution in [1.29, 1.82) is 0 Å². The van der Waals surface area contributed by atoms with Gasteiger partial charge in [0.25, 0.3) is 11.6 Å². The van der Waals surface area contributed by atoms with E-state index in [0.717, 1.165) is 5.69 Å². The molecule has 0 atom stereocenters. The Morgan fingerprint density at radius 1 is 1.29 bits per heavy atom. The summed E-state index contributed by atoms with van der Waals surface area (Å²) in [7, 11) is 1.84. The Bertz CT molecular complexity index is 749. The first-order valence-corrected chi connectivity index (χ1v) is 7.47. The van der Waals surface area contributed by atoms with Crippen LogP contribution in [0.5, 0.6) is 0 Å². The van der Waals surface area contributed by atoms with Crippen LogP contribution in [0.4, 0.5) is 17.1 Å². The third-order valence-electron chi connectivity index (χ3n) is 3.36. The van der Waals surface area contributed by atoms with Gasteiger partial charge >= 0.3 is 0 Å². The lowest BCUT2D eigenvalue weighted by atomic mass is 10.2. The Morgan fingerprint density at radius 2 is 1.96 bits per heavy atom. The predicted octanol–water partition coefficient (Wildman–Crippen LogP) is 2.93.